The average molecular weight is 247 g/mol. The molecule has 0 aliphatic carbocycles. The molecule has 0 aliphatic rings. The number of hydrogen-bond donors (Lipinski definition) is 4. The number of nitrogens with zero attached hydrogens (tertiary/aromatic N) is 1. The second-order valence-electron chi connectivity index (χ2n) is 3.31. The molecule has 8 nitrogen and oxygen atoms in total. The van der Waals surface area contributed by atoms with Crippen molar-refractivity contribution >= 4 is 17.9 Å². The number of carbonyl (C=O) groups excluding carboxylic acids is 2. The van der Waals surface area contributed by atoms with Crippen LogP contribution < -0.4 is 10.6 Å². The third-order valence-electron chi connectivity index (χ3n) is 2.09. The van der Waals surface area contributed by atoms with Gasteiger partial charge < -0.3 is 25.7 Å². The first kappa shape index (κ1) is 15.2. The predicted molar refractivity (Wildman–Crippen MR) is 58.4 cm³/mol. The lowest BCUT2D eigenvalue weighted by Gasteiger charge is -2.16. The molecule has 0 saturated heterocycles. The molecule has 8 heteroatoms. The molecule has 0 saturated carbocycles. The van der Waals surface area contributed by atoms with Gasteiger partial charge in [0.2, 0.25) is 5.91 Å². The molecule has 0 fully saturated rings. The third kappa shape index (κ3) is 5.71. The standard InChI is InChI=1S/C9H17N3O5/c1-3-12(2)7(14)4-10-9(17)11-6(5-13)8(15)16/h6,13H,3-5H2,1-2H3,(H,15,16)(H2,10,11,17)/t6-/m1/s1. The number of carbonyl (C=O) groups is 3. The van der Waals surface area contributed by atoms with E-state index in [1.807, 2.05) is 5.32 Å². The van der Waals surface area contributed by atoms with Crippen molar-refractivity contribution in [1.82, 2.24) is 15.5 Å². The van der Waals surface area contributed by atoms with Crippen LogP contribution in [0.1, 0.15) is 6.92 Å². The Morgan fingerprint density at radius 3 is 2.35 bits per heavy atom. The lowest BCUT2D eigenvalue weighted by Crippen LogP contribution is -2.49. The minimum absolute atomic E-state index is 0.228. The Labute approximate surface area is 98.6 Å². The number of aliphatic carboxylic acids is 1. The highest BCUT2D eigenvalue weighted by Crippen LogP contribution is 1.84. The van der Waals surface area contributed by atoms with Crippen LogP contribution in [0.15, 0.2) is 0 Å². The van der Waals surface area contributed by atoms with E-state index in [2.05, 4.69) is 5.32 Å². The zero-order chi connectivity index (χ0) is 13.4. The fourth-order valence-corrected chi connectivity index (χ4v) is 0.862. The summed E-state index contributed by atoms with van der Waals surface area (Å²) in [6, 6.07) is -2.20. The van der Waals surface area contributed by atoms with Crippen molar-refractivity contribution in [3.8, 4) is 0 Å². The molecule has 0 rings (SSSR count). The normalized spacial score (nSPS) is 11.5. The van der Waals surface area contributed by atoms with Crippen molar-refractivity contribution < 1.29 is 24.6 Å². The SMILES string of the molecule is CCN(C)C(=O)CNC(=O)N[C@H](CO)C(=O)O. The van der Waals surface area contributed by atoms with Gasteiger partial charge >= 0.3 is 12.0 Å². The molecule has 98 valence electrons. The van der Waals surface area contributed by atoms with Gasteiger partial charge in [-0.1, -0.05) is 0 Å². The maximum atomic E-state index is 11.3. The first-order chi connectivity index (χ1) is 7.92. The molecule has 0 heterocycles. The summed E-state index contributed by atoms with van der Waals surface area (Å²) >= 11 is 0. The number of nitrogens with one attached hydrogen (secondary N) is 2. The molecule has 0 radical (unpaired) electrons. The van der Waals surface area contributed by atoms with Crippen LogP contribution in [0.3, 0.4) is 0 Å². The molecule has 4 N–H and O–H groups in total. The number of carboxylic acids is 1. The second kappa shape index (κ2) is 7.44. The van der Waals surface area contributed by atoms with E-state index in [0.29, 0.717) is 6.54 Å². The highest BCUT2D eigenvalue weighted by molar-refractivity contribution is 5.86. The summed E-state index contributed by atoms with van der Waals surface area (Å²) in [5, 5.41) is 21.4. The van der Waals surface area contributed by atoms with Gasteiger partial charge in [0.1, 0.15) is 0 Å². The molecule has 0 aromatic heterocycles. The lowest BCUT2D eigenvalue weighted by atomic mass is 10.3. The molecule has 3 amide bonds. The summed E-state index contributed by atoms with van der Waals surface area (Å²) in [5.41, 5.74) is 0. The quantitative estimate of drug-likeness (QED) is 0.442. The van der Waals surface area contributed by atoms with Crippen molar-refractivity contribution in [2.24, 2.45) is 0 Å². The summed E-state index contributed by atoms with van der Waals surface area (Å²) in [6.07, 6.45) is 0. The average Bonchev–Trinajstić information content (AvgIpc) is 2.31. The summed E-state index contributed by atoms with van der Waals surface area (Å²) < 4.78 is 0. The Bertz CT molecular complexity index is 294. The van der Waals surface area contributed by atoms with Gasteiger partial charge in [0.15, 0.2) is 6.04 Å². The van der Waals surface area contributed by atoms with Crippen molar-refractivity contribution in [1.29, 1.82) is 0 Å². The van der Waals surface area contributed by atoms with Crippen LogP contribution in [0.25, 0.3) is 0 Å². The van der Waals surface area contributed by atoms with Crippen molar-refractivity contribution in [2.75, 3.05) is 26.7 Å². The second-order valence-corrected chi connectivity index (χ2v) is 3.31. The van der Waals surface area contributed by atoms with Crippen LogP contribution in [0, 0.1) is 0 Å². The lowest BCUT2D eigenvalue weighted by molar-refractivity contribution is -0.140. The van der Waals surface area contributed by atoms with E-state index in [1.54, 1.807) is 14.0 Å². The van der Waals surface area contributed by atoms with E-state index in [1.165, 1.54) is 4.90 Å². The molecule has 0 aliphatic heterocycles. The van der Waals surface area contributed by atoms with E-state index in [9.17, 15) is 14.4 Å². The molecular weight excluding hydrogens is 230 g/mol. The Kier molecular flexibility index (Phi) is 6.64. The van der Waals surface area contributed by atoms with Crippen LogP contribution in [0.5, 0.6) is 0 Å². The van der Waals surface area contributed by atoms with E-state index in [0.717, 1.165) is 0 Å². The maximum Gasteiger partial charge on any atom is 0.328 e. The van der Waals surface area contributed by atoms with Crippen molar-refractivity contribution in [3.05, 3.63) is 0 Å². The van der Waals surface area contributed by atoms with Gasteiger partial charge in [0.25, 0.3) is 0 Å². The van der Waals surface area contributed by atoms with E-state index >= 15 is 0 Å². The molecule has 1 atom stereocenters. The number of amides is 3. The smallest absolute Gasteiger partial charge is 0.328 e. The highest BCUT2D eigenvalue weighted by Gasteiger charge is 2.18. The fourth-order valence-electron chi connectivity index (χ4n) is 0.862. The van der Waals surface area contributed by atoms with Crippen LogP contribution in [0.4, 0.5) is 4.79 Å². The first-order valence-corrected chi connectivity index (χ1v) is 5.04. The number of rotatable bonds is 6. The summed E-state index contributed by atoms with van der Waals surface area (Å²) in [6.45, 7) is 1.35. The van der Waals surface area contributed by atoms with Crippen LogP contribution in [-0.2, 0) is 9.59 Å². The number of aliphatic hydroxyl groups is 1. The Morgan fingerprint density at radius 1 is 1.35 bits per heavy atom. The summed E-state index contributed by atoms with van der Waals surface area (Å²) in [7, 11) is 1.58. The minimum atomic E-state index is -1.38. The van der Waals surface area contributed by atoms with E-state index in [4.69, 9.17) is 10.2 Å². The Morgan fingerprint density at radius 2 is 1.94 bits per heavy atom. The zero-order valence-corrected chi connectivity index (χ0v) is 9.77. The Balaban J connectivity index is 4.03. The number of urea groups is 1. The van der Waals surface area contributed by atoms with Gasteiger partial charge in [0, 0.05) is 13.6 Å². The molecule has 17 heavy (non-hydrogen) atoms. The van der Waals surface area contributed by atoms with Crippen LogP contribution in [0.2, 0.25) is 0 Å². The molecule has 0 aromatic carbocycles. The van der Waals surface area contributed by atoms with Crippen molar-refractivity contribution in [2.45, 2.75) is 13.0 Å². The van der Waals surface area contributed by atoms with Crippen LogP contribution in [-0.4, -0.2) is 65.8 Å². The predicted octanol–water partition coefficient (Wildman–Crippen LogP) is -1.79. The molecule has 0 aromatic rings. The minimum Gasteiger partial charge on any atom is -0.480 e. The number of carboxylic acid groups (broad SMARTS) is 1. The van der Waals surface area contributed by atoms with E-state index in [-0.39, 0.29) is 12.5 Å². The van der Waals surface area contributed by atoms with Gasteiger partial charge in [-0.05, 0) is 6.92 Å². The number of hydrogen-bond acceptors (Lipinski definition) is 4. The molecule has 0 bridgehead atoms. The fraction of sp³-hybridized carbons (Fsp3) is 0.667. The Hall–Kier alpha value is -1.83. The van der Waals surface area contributed by atoms with Gasteiger partial charge in [-0.3, -0.25) is 4.79 Å². The van der Waals surface area contributed by atoms with E-state index < -0.39 is 24.6 Å². The number of aliphatic hydroxyl groups excluding tert-OH is 1. The van der Waals surface area contributed by atoms with Gasteiger partial charge in [-0.15, -0.1) is 0 Å². The third-order valence-corrected chi connectivity index (χ3v) is 2.09. The van der Waals surface area contributed by atoms with Gasteiger partial charge in [-0.2, -0.15) is 0 Å². The summed E-state index contributed by atoms with van der Waals surface area (Å²) in [4.78, 5) is 34.3. The maximum absolute atomic E-state index is 11.3. The number of likely N-dealkylation sites (N-methyl/N-ethyl adjacent to an activating group) is 1. The summed E-state index contributed by atoms with van der Waals surface area (Å²) in [5.74, 6) is -1.64. The molecular formula is C9H17N3O5. The van der Waals surface area contributed by atoms with Gasteiger partial charge in [0.05, 0.1) is 13.2 Å². The van der Waals surface area contributed by atoms with Crippen LogP contribution >= 0.6 is 0 Å². The monoisotopic (exact) mass is 247 g/mol. The molecule has 0 spiro atoms. The molecule has 0 unspecified atom stereocenters. The topological polar surface area (TPSA) is 119 Å². The zero-order valence-electron chi connectivity index (χ0n) is 9.77. The highest BCUT2D eigenvalue weighted by atomic mass is 16.4. The largest absolute Gasteiger partial charge is 0.480 e. The van der Waals surface area contributed by atoms with Gasteiger partial charge in [-0.25, -0.2) is 9.59 Å². The first-order valence-electron chi connectivity index (χ1n) is 5.04. The van der Waals surface area contributed by atoms with Crippen molar-refractivity contribution in [3.63, 3.8) is 0 Å².